The summed E-state index contributed by atoms with van der Waals surface area (Å²) in [6, 6.07) is 11.1. The van der Waals surface area contributed by atoms with Gasteiger partial charge in [-0.25, -0.2) is 4.79 Å². The minimum atomic E-state index is -0.200. The van der Waals surface area contributed by atoms with Gasteiger partial charge < -0.3 is 25.3 Å². The second kappa shape index (κ2) is 10.4. The van der Waals surface area contributed by atoms with Gasteiger partial charge in [0.2, 0.25) is 11.8 Å². The number of rotatable bonds is 7. The van der Waals surface area contributed by atoms with Gasteiger partial charge in [0, 0.05) is 23.7 Å². The summed E-state index contributed by atoms with van der Waals surface area (Å²) in [5.41, 5.74) is 3.50. The van der Waals surface area contributed by atoms with Crippen LogP contribution in [0.4, 0.5) is 11.4 Å². The number of carbonyl (C=O) groups is 2. The summed E-state index contributed by atoms with van der Waals surface area (Å²) < 4.78 is 7.12. The van der Waals surface area contributed by atoms with Crippen LogP contribution in [0.25, 0.3) is 11.0 Å². The number of H-pyrrole nitrogens is 1. The number of carbonyl (C=O) groups excluding carboxylic acids is 2. The number of hydrogen-bond acceptors (Lipinski definition) is 5. The molecule has 1 saturated carbocycles. The standard InChI is InChI=1S/C26H33N5O4/c1-16-8-11-18(14-22(16)35-4)27-25(33)17-9-12-19(13-10-17)31-21-7-5-6-20(24(21)29-26(31)34)28-23(32)15-30(2)3/h5-8,11,14,17,19H,9-10,12-13,15H2,1-4H3,(H,27,33)(H,28,32)(H,29,34)/t17-,19+. The van der Waals surface area contributed by atoms with Crippen molar-refractivity contribution >= 4 is 34.2 Å². The van der Waals surface area contributed by atoms with E-state index in [4.69, 9.17) is 4.74 Å². The Morgan fingerprint density at radius 2 is 1.86 bits per heavy atom. The smallest absolute Gasteiger partial charge is 0.326 e. The molecule has 9 nitrogen and oxygen atoms in total. The van der Waals surface area contributed by atoms with Crippen molar-refractivity contribution in [3.63, 3.8) is 0 Å². The maximum atomic E-state index is 12.9. The number of hydrogen-bond donors (Lipinski definition) is 3. The van der Waals surface area contributed by atoms with E-state index < -0.39 is 0 Å². The SMILES string of the molecule is COc1cc(NC(=O)[C@H]2CC[C@@H](n3c(=O)[nH]c4c(NC(=O)CN(C)C)cccc43)CC2)ccc1C. The van der Waals surface area contributed by atoms with E-state index in [1.807, 2.05) is 51.4 Å². The van der Waals surface area contributed by atoms with Crippen molar-refractivity contribution in [1.82, 2.24) is 14.5 Å². The highest BCUT2D eigenvalue weighted by atomic mass is 16.5. The molecule has 35 heavy (non-hydrogen) atoms. The van der Waals surface area contributed by atoms with Crippen LogP contribution in [0.15, 0.2) is 41.2 Å². The average Bonchev–Trinajstić information content (AvgIpc) is 3.16. The molecule has 0 aliphatic heterocycles. The first-order valence-corrected chi connectivity index (χ1v) is 11.9. The van der Waals surface area contributed by atoms with Gasteiger partial charge in [0.1, 0.15) is 5.75 Å². The highest BCUT2D eigenvalue weighted by molar-refractivity contribution is 6.00. The van der Waals surface area contributed by atoms with Crippen molar-refractivity contribution in [3.05, 3.63) is 52.4 Å². The van der Waals surface area contributed by atoms with Crippen LogP contribution in [0.1, 0.15) is 37.3 Å². The maximum absolute atomic E-state index is 12.9. The maximum Gasteiger partial charge on any atom is 0.326 e. The summed E-state index contributed by atoms with van der Waals surface area (Å²) in [5, 5.41) is 5.90. The number of nitrogens with one attached hydrogen (secondary N) is 3. The summed E-state index contributed by atoms with van der Waals surface area (Å²) in [7, 11) is 5.27. The fourth-order valence-electron chi connectivity index (χ4n) is 4.83. The molecule has 3 N–H and O–H groups in total. The van der Waals surface area contributed by atoms with Crippen LogP contribution >= 0.6 is 0 Å². The molecule has 186 valence electrons. The largest absolute Gasteiger partial charge is 0.496 e. The number of imidazole rings is 1. The van der Waals surface area contributed by atoms with Gasteiger partial charge in [-0.1, -0.05) is 12.1 Å². The van der Waals surface area contributed by atoms with Gasteiger partial charge >= 0.3 is 5.69 Å². The lowest BCUT2D eigenvalue weighted by Gasteiger charge is -2.28. The van der Waals surface area contributed by atoms with Gasteiger partial charge in [0.15, 0.2) is 0 Å². The van der Waals surface area contributed by atoms with Gasteiger partial charge in [-0.3, -0.25) is 14.2 Å². The van der Waals surface area contributed by atoms with Crippen molar-refractivity contribution < 1.29 is 14.3 Å². The molecular weight excluding hydrogens is 446 g/mol. The molecule has 2 aromatic carbocycles. The molecule has 2 amide bonds. The predicted molar refractivity (Wildman–Crippen MR) is 137 cm³/mol. The summed E-state index contributed by atoms with van der Waals surface area (Å²) in [4.78, 5) is 42.7. The van der Waals surface area contributed by atoms with Crippen molar-refractivity contribution in [3.8, 4) is 5.75 Å². The third-order valence-electron chi connectivity index (χ3n) is 6.59. The predicted octanol–water partition coefficient (Wildman–Crippen LogP) is 3.52. The number of aromatic amines is 1. The van der Waals surface area contributed by atoms with E-state index in [1.54, 1.807) is 22.6 Å². The first-order valence-electron chi connectivity index (χ1n) is 11.9. The van der Waals surface area contributed by atoms with Gasteiger partial charge in [0.25, 0.3) is 0 Å². The van der Waals surface area contributed by atoms with Crippen molar-refractivity contribution in [2.75, 3.05) is 38.4 Å². The first kappa shape index (κ1) is 24.5. The average molecular weight is 480 g/mol. The molecule has 0 radical (unpaired) electrons. The van der Waals surface area contributed by atoms with Crippen molar-refractivity contribution in [2.24, 2.45) is 5.92 Å². The van der Waals surface area contributed by atoms with Crippen LogP contribution in [0.2, 0.25) is 0 Å². The molecule has 4 rings (SSSR count). The second-order valence-electron chi connectivity index (χ2n) is 9.46. The molecule has 3 aromatic rings. The molecule has 1 aliphatic carbocycles. The number of amides is 2. The fourth-order valence-corrected chi connectivity index (χ4v) is 4.83. The lowest BCUT2D eigenvalue weighted by molar-refractivity contribution is -0.121. The zero-order chi connectivity index (χ0) is 25.1. The van der Waals surface area contributed by atoms with E-state index in [-0.39, 0.29) is 36.0 Å². The number of ether oxygens (including phenoxy) is 1. The van der Waals surface area contributed by atoms with E-state index in [0.29, 0.717) is 24.0 Å². The lowest BCUT2D eigenvalue weighted by Crippen LogP contribution is -2.31. The van der Waals surface area contributed by atoms with E-state index in [0.717, 1.165) is 35.4 Å². The zero-order valence-corrected chi connectivity index (χ0v) is 20.7. The molecule has 0 spiro atoms. The van der Waals surface area contributed by atoms with Crippen LogP contribution in [-0.2, 0) is 9.59 Å². The molecule has 1 aromatic heterocycles. The molecule has 1 aliphatic rings. The van der Waals surface area contributed by atoms with E-state index in [2.05, 4.69) is 15.6 Å². The van der Waals surface area contributed by atoms with Gasteiger partial charge in [-0.05, 0) is 70.5 Å². The minimum Gasteiger partial charge on any atom is -0.496 e. The zero-order valence-electron chi connectivity index (χ0n) is 20.7. The highest BCUT2D eigenvalue weighted by Crippen LogP contribution is 2.35. The number of methoxy groups -OCH3 is 1. The van der Waals surface area contributed by atoms with Crippen LogP contribution in [0.3, 0.4) is 0 Å². The van der Waals surface area contributed by atoms with Gasteiger partial charge in [0.05, 0.1) is 30.4 Å². The summed E-state index contributed by atoms with van der Waals surface area (Å²) in [6.45, 7) is 2.21. The summed E-state index contributed by atoms with van der Waals surface area (Å²) in [6.07, 6.45) is 2.83. The Morgan fingerprint density at radius 3 is 2.54 bits per heavy atom. The molecule has 1 fully saturated rings. The Hall–Kier alpha value is -3.59. The van der Waals surface area contributed by atoms with Crippen molar-refractivity contribution in [2.45, 2.75) is 38.6 Å². The molecule has 1 heterocycles. The third kappa shape index (κ3) is 5.40. The number of benzene rings is 2. The third-order valence-corrected chi connectivity index (χ3v) is 6.59. The van der Waals surface area contributed by atoms with Crippen LogP contribution in [0.5, 0.6) is 5.75 Å². The normalized spacial score (nSPS) is 18.0. The second-order valence-corrected chi connectivity index (χ2v) is 9.46. The molecule has 0 unspecified atom stereocenters. The quantitative estimate of drug-likeness (QED) is 0.481. The molecule has 0 saturated heterocycles. The molecule has 0 bridgehead atoms. The Labute approximate surface area is 204 Å². The number of nitrogens with zero attached hydrogens (tertiary/aromatic N) is 2. The van der Waals surface area contributed by atoms with E-state index in [9.17, 15) is 14.4 Å². The van der Waals surface area contributed by atoms with E-state index >= 15 is 0 Å². The van der Waals surface area contributed by atoms with Gasteiger partial charge in [-0.15, -0.1) is 0 Å². The van der Waals surface area contributed by atoms with E-state index in [1.165, 1.54) is 0 Å². The van der Waals surface area contributed by atoms with Crippen LogP contribution in [-0.4, -0.2) is 54.0 Å². The molecule has 0 atom stereocenters. The van der Waals surface area contributed by atoms with Crippen LogP contribution in [0, 0.1) is 12.8 Å². The number of aryl methyl sites for hydroxylation is 1. The Kier molecular flexibility index (Phi) is 7.25. The lowest BCUT2D eigenvalue weighted by atomic mass is 9.85. The van der Waals surface area contributed by atoms with Gasteiger partial charge in [-0.2, -0.15) is 0 Å². The monoisotopic (exact) mass is 479 g/mol. The number of anilines is 2. The topological polar surface area (TPSA) is 108 Å². The Balaban J connectivity index is 1.45. The number of fused-ring (bicyclic) bond motifs is 1. The minimum absolute atomic E-state index is 0.00695. The first-order chi connectivity index (χ1) is 16.8. The highest BCUT2D eigenvalue weighted by Gasteiger charge is 2.29. The number of aromatic nitrogens is 2. The Morgan fingerprint density at radius 1 is 1.11 bits per heavy atom. The molecule has 9 heteroatoms. The van der Waals surface area contributed by atoms with Crippen LogP contribution < -0.4 is 21.1 Å². The Bertz CT molecular complexity index is 1280. The fraction of sp³-hybridized carbons (Fsp3) is 0.423. The molecular formula is C26H33N5O4. The van der Waals surface area contributed by atoms with Crippen molar-refractivity contribution in [1.29, 1.82) is 0 Å². The number of likely N-dealkylation sites (N-methyl/N-ethyl adjacent to an activating group) is 1. The number of para-hydroxylation sites is 1. The summed E-state index contributed by atoms with van der Waals surface area (Å²) >= 11 is 0. The summed E-state index contributed by atoms with van der Waals surface area (Å²) in [5.74, 6) is 0.475.